The van der Waals surface area contributed by atoms with Gasteiger partial charge in [0, 0.05) is 6.08 Å². The van der Waals surface area contributed by atoms with Crippen LogP contribution in [0.25, 0.3) is 0 Å². The lowest BCUT2D eigenvalue weighted by Crippen LogP contribution is -2.37. The summed E-state index contributed by atoms with van der Waals surface area (Å²) in [5.41, 5.74) is 5.61. The Bertz CT molecular complexity index is 208. The standard InChI is InChI=1S/C8H11NO2/c1-2-3-7-6(9)4-5-8(10)11-7/h2-7H,9H2,1H3/t6-,7-/m0/s1. The number of hydrogen-bond donors (Lipinski definition) is 1. The Balaban J connectivity index is 2.67. The second kappa shape index (κ2) is 3.34. The molecule has 2 atom stereocenters. The third-order valence-electron chi connectivity index (χ3n) is 1.47. The molecule has 0 aromatic heterocycles. The van der Waals surface area contributed by atoms with Crippen LogP contribution < -0.4 is 5.73 Å². The molecular weight excluding hydrogens is 142 g/mol. The zero-order chi connectivity index (χ0) is 8.27. The van der Waals surface area contributed by atoms with E-state index in [2.05, 4.69) is 0 Å². The van der Waals surface area contributed by atoms with Crippen molar-refractivity contribution in [2.75, 3.05) is 0 Å². The van der Waals surface area contributed by atoms with E-state index in [-0.39, 0.29) is 18.1 Å². The Hall–Kier alpha value is -1.09. The van der Waals surface area contributed by atoms with Gasteiger partial charge in [-0.25, -0.2) is 4.79 Å². The molecule has 0 spiro atoms. The van der Waals surface area contributed by atoms with E-state index in [4.69, 9.17) is 10.5 Å². The van der Waals surface area contributed by atoms with E-state index in [9.17, 15) is 4.79 Å². The smallest absolute Gasteiger partial charge is 0.331 e. The van der Waals surface area contributed by atoms with Crippen molar-refractivity contribution in [2.24, 2.45) is 5.73 Å². The van der Waals surface area contributed by atoms with Crippen LogP contribution in [0.5, 0.6) is 0 Å². The zero-order valence-corrected chi connectivity index (χ0v) is 6.36. The van der Waals surface area contributed by atoms with Crippen LogP contribution in [0.3, 0.4) is 0 Å². The fraction of sp³-hybridized carbons (Fsp3) is 0.375. The van der Waals surface area contributed by atoms with Gasteiger partial charge in [0.15, 0.2) is 0 Å². The molecule has 0 saturated heterocycles. The van der Waals surface area contributed by atoms with Gasteiger partial charge >= 0.3 is 5.97 Å². The molecule has 0 aromatic carbocycles. The van der Waals surface area contributed by atoms with Gasteiger partial charge in [-0.1, -0.05) is 12.2 Å². The van der Waals surface area contributed by atoms with Crippen LogP contribution in [-0.2, 0) is 9.53 Å². The average Bonchev–Trinajstić information content (AvgIpc) is 1.98. The van der Waals surface area contributed by atoms with Gasteiger partial charge in [-0.05, 0) is 13.0 Å². The molecule has 11 heavy (non-hydrogen) atoms. The molecule has 0 unspecified atom stereocenters. The van der Waals surface area contributed by atoms with Gasteiger partial charge in [-0.3, -0.25) is 0 Å². The molecular formula is C8H11NO2. The van der Waals surface area contributed by atoms with E-state index in [0.29, 0.717) is 0 Å². The van der Waals surface area contributed by atoms with Crippen molar-refractivity contribution in [1.29, 1.82) is 0 Å². The summed E-state index contributed by atoms with van der Waals surface area (Å²) >= 11 is 0. The third kappa shape index (κ3) is 1.91. The number of ether oxygens (including phenoxy) is 1. The third-order valence-corrected chi connectivity index (χ3v) is 1.47. The topological polar surface area (TPSA) is 52.3 Å². The van der Waals surface area contributed by atoms with Crippen LogP contribution in [0.1, 0.15) is 6.92 Å². The number of esters is 1. The Kier molecular flexibility index (Phi) is 2.44. The predicted octanol–water partition coefficient (Wildman–Crippen LogP) is 0.371. The predicted molar refractivity (Wildman–Crippen MR) is 41.8 cm³/mol. The molecule has 0 saturated carbocycles. The van der Waals surface area contributed by atoms with Crippen LogP contribution in [0.2, 0.25) is 0 Å². The molecule has 0 amide bonds. The average molecular weight is 153 g/mol. The lowest BCUT2D eigenvalue weighted by molar-refractivity contribution is -0.142. The fourth-order valence-electron chi connectivity index (χ4n) is 0.908. The Morgan fingerprint density at radius 1 is 1.73 bits per heavy atom. The summed E-state index contributed by atoms with van der Waals surface area (Å²) < 4.78 is 4.90. The molecule has 1 aliphatic rings. The first-order valence-electron chi connectivity index (χ1n) is 3.51. The molecule has 1 heterocycles. The number of carbonyl (C=O) groups excluding carboxylic acids is 1. The fourth-order valence-corrected chi connectivity index (χ4v) is 0.908. The van der Waals surface area contributed by atoms with Crippen molar-refractivity contribution in [3.05, 3.63) is 24.3 Å². The highest BCUT2D eigenvalue weighted by molar-refractivity contribution is 5.83. The first kappa shape index (κ1) is 8.01. The van der Waals surface area contributed by atoms with Gasteiger partial charge < -0.3 is 10.5 Å². The van der Waals surface area contributed by atoms with E-state index in [1.54, 1.807) is 12.2 Å². The maximum atomic E-state index is 10.7. The molecule has 0 bridgehead atoms. The van der Waals surface area contributed by atoms with Crippen LogP contribution in [-0.4, -0.2) is 18.1 Å². The molecule has 60 valence electrons. The molecule has 0 aliphatic carbocycles. The van der Waals surface area contributed by atoms with Crippen molar-refractivity contribution >= 4 is 5.97 Å². The van der Waals surface area contributed by atoms with Crippen LogP contribution >= 0.6 is 0 Å². The van der Waals surface area contributed by atoms with Crippen molar-refractivity contribution in [1.82, 2.24) is 0 Å². The normalized spacial score (nSPS) is 30.9. The van der Waals surface area contributed by atoms with Gasteiger partial charge in [0.2, 0.25) is 0 Å². The van der Waals surface area contributed by atoms with Crippen molar-refractivity contribution in [3.63, 3.8) is 0 Å². The highest BCUT2D eigenvalue weighted by atomic mass is 16.5. The molecule has 3 nitrogen and oxygen atoms in total. The van der Waals surface area contributed by atoms with Gasteiger partial charge in [0.05, 0.1) is 6.04 Å². The second-order valence-electron chi connectivity index (χ2n) is 2.36. The Morgan fingerprint density at radius 3 is 3.09 bits per heavy atom. The van der Waals surface area contributed by atoms with E-state index < -0.39 is 0 Å². The van der Waals surface area contributed by atoms with E-state index in [1.807, 2.05) is 13.0 Å². The lowest BCUT2D eigenvalue weighted by Gasteiger charge is -2.21. The number of hydrogen-bond acceptors (Lipinski definition) is 3. The summed E-state index contributed by atoms with van der Waals surface area (Å²) in [6, 6.07) is -0.205. The Morgan fingerprint density at radius 2 is 2.45 bits per heavy atom. The quantitative estimate of drug-likeness (QED) is 0.437. The van der Waals surface area contributed by atoms with Gasteiger partial charge in [0.1, 0.15) is 6.10 Å². The van der Waals surface area contributed by atoms with Crippen molar-refractivity contribution < 1.29 is 9.53 Å². The molecule has 2 N–H and O–H groups in total. The molecule has 1 rings (SSSR count). The summed E-state index contributed by atoms with van der Waals surface area (Å²) in [5.74, 6) is -0.324. The second-order valence-corrected chi connectivity index (χ2v) is 2.36. The summed E-state index contributed by atoms with van der Waals surface area (Å²) in [5, 5.41) is 0. The van der Waals surface area contributed by atoms with Crippen molar-refractivity contribution in [3.8, 4) is 0 Å². The minimum Gasteiger partial charge on any atom is -0.453 e. The summed E-state index contributed by atoms with van der Waals surface area (Å²) in [6.45, 7) is 1.86. The molecule has 1 aliphatic heterocycles. The minimum absolute atomic E-state index is 0.205. The number of nitrogens with two attached hydrogens (primary N) is 1. The maximum Gasteiger partial charge on any atom is 0.331 e. The zero-order valence-electron chi connectivity index (χ0n) is 6.36. The van der Waals surface area contributed by atoms with Gasteiger partial charge in [-0.2, -0.15) is 0 Å². The largest absolute Gasteiger partial charge is 0.453 e. The van der Waals surface area contributed by atoms with Gasteiger partial charge in [0.25, 0.3) is 0 Å². The SMILES string of the molecule is CC=C[C@@H]1OC(=O)C=C[C@@H]1N. The van der Waals surface area contributed by atoms with Crippen LogP contribution in [0, 0.1) is 0 Å². The number of carbonyl (C=O) groups is 1. The summed E-state index contributed by atoms with van der Waals surface area (Å²) in [7, 11) is 0. The van der Waals surface area contributed by atoms with E-state index in [0.717, 1.165) is 0 Å². The summed E-state index contributed by atoms with van der Waals surface area (Å²) in [4.78, 5) is 10.7. The first-order valence-corrected chi connectivity index (χ1v) is 3.51. The maximum absolute atomic E-state index is 10.7. The highest BCUT2D eigenvalue weighted by Crippen LogP contribution is 2.07. The number of cyclic esters (lactones) is 1. The van der Waals surface area contributed by atoms with Crippen LogP contribution in [0.15, 0.2) is 24.3 Å². The molecule has 0 radical (unpaired) electrons. The summed E-state index contributed by atoms with van der Waals surface area (Å²) in [6.07, 6.45) is 6.29. The molecule has 0 aromatic rings. The molecule has 0 fully saturated rings. The van der Waals surface area contributed by atoms with Gasteiger partial charge in [-0.15, -0.1) is 0 Å². The first-order chi connectivity index (χ1) is 5.24. The minimum atomic E-state index is -0.324. The highest BCUT2D eigenvalue weighted by Gasteiger charge is 2.20. The lowest BCUT2D eigenvalue weighted by atomic mass is 10.1. The number of rotatable bonds is 1. The van der Waals surface area contributed by atoms with Crippen molar-refractivity contribution in [2.45, 2.75) is 19.1 Å². The molecule has 3 heteroatoms. The van der Waals surface area contributed by atoms with E-state index >= 15 is 0 Å². The van der Waals surface area contributed by atoms with Crippen LogP contribution in [0.4, 0.5) is 0 Å². The van der Waals surface area contributed by atoms with E-state index in [1.165, 1.54) is 6.08 Å². The number of allylic oxidation sites excluding steroid dienone is 1. The Labute approximate surface area is 65.5 Å². The monoisotopic (exact) mass is 153 g/mol.